The maximum Gasteiger partial charge on any atom is 0.0180 e. The first-order chi connectivity index (χ1) is 6.83. The Balaban J connectivity index is 1.84. The van der Waals surface area contributed by atoms with Gasteiger partial charge in [0.15, 0.2) is 0 Å². The van der Waals surface area contributed by atoms with Crippen LogP contribution in [0.25, 0.3) is 0 Å². The van der Waals surface area contributed by atoms with Crippen molar-refractivity contribution in [1.82, 2.24) is 4.90 Å². The van der Waals surface area contributed by atoms with Gasteiger partial charge in [-0.3, -0.25) is 0 Å². The van der Waals surface area contributed by atoms with Gasteiger partial charge in [-0.1, -0.05) is 12.8 Å². The van der Waals surface area contributed by atoms with E-state index < -0.39 is 0 Å². The van der Waals surface area contributed by atoms with E-state index in [4.69, 9.17) is 5.73 Å². The number of unbranched alkanes of at least 4 members (excludes halogenated alkanes) is 3. The van der Waals surface area contributed by atoms with Crippen LogP contribution in [0.4, 0.5) is 0 Å². The van der Waals surface area contributed by atoms with E-state index in [-0.39, 0.29) is 0 Å². The predicted octanol–water partition coefficient (Wildman–Crippen LogP) is 1.94. The van der Waals surface area contributed by atoms with E-state index in [1.54, 1.807) is 0 Å². The molecule has 0 saturated carbocycles. The van der Waals surface area contributed by atoms with Gasteiger partial charge in [-0.25, -0.2) is 0 Å². The Bertz CT molecular complexity index is 141. The molecule has 1 saturated heterocycles. The van der Waals surface area contributed by atoms with E-state index in [0.29, 0.717) is 6.04 Å². The first-order valence-corrected chi connectivity index (χ1v) is 7.19. The van der Waals surface area contributed by atoms with Gasteiger partial charge >= 0.3 is 0 Å². The van der Waals surface area contributed by atoms with E-state index in [9.17, 15) is 0 Å². The van der Waals surface area contributed by atoms with Gasteiger partial charge in [-0.15, -0.1) is 0 Å². The molecule has 0 spiro atoms. The molecule has 3 heteroatoms. The summed E-state index contributed by atoms with van der Waals surface area (Å²) in [5.41, 5.74) is 5.85. The van der Waals surface area contributed by atoms with Crippen molar-refractivity contribution in [2.75, 3.05) is 31.6 Å². The van der Waals surface area contributed by atoms with Gasteiger partial charge in [0.2, 0.25) is 0 Å². The second-order valence-electron chi connectivity index (χ2n) is 4.26. The lowest BCUT2D eigenvalue weighted by Crippen LogP contribution is -2.27. The quantitative estimate of drug-likeness (QED) is 0.660. The molecule has 0 bridgehead atoms. The first kappa shape index (κ1) is 12.3. The summed E-state index contributed by atoms with van der Waals surface area (Å²) in [7, 11) is 0. The maximum absolute atomic E-state index is 5.85. The molecule has 84 valence electrons. The van der Waals surface area contributed by atoms with Crippen LogP contribution in [0.3, 0.4) is 0 Å². The largest absolute Gasteiger partial charge is 0.326 e. The Hall–Kier alpha value is 0.270. The summed E-state index contributed by atoms with van der Waals surface area (Å²) in [5.74, 6) is 1.33. The standard InChI is InChI=1S/C11H24N2S/c1-14-9-5-3-2-4-7-13-8-6-11(12)10-13/h11H,2-10,12H2,1H3. The molecule has 1 atom stereocenters. The number of nitrogens with zero attached hydrogens (tertiary/aromatic N) is 1. The highest BCUT2D eigenvalue weighted by Crippen LogP contribution is 2.10. The van der Waals surface area contributed by atoms with Crippen molar-refractivity contribution in [2.24, 2.45) is 5.73 Å². The van der Waals surface area contributed by atoms with Crippen molar-refractivity contribution in [2.45, 2.75) is 38.1 Å². The van der Waals surface area contributed by atoms with Gasteiger partial charge in [0.05, 0.1) is 0 Å². The van der Waals surface area contributed by atoms with E-state index in [1.807, 2.05) is 11.8 Å². The molecule has 1 unspecified atom stereocenters. The van der Waals surface area contributed by atoms with E-state index in [0.717, 1.165) is 6.54 Å². The summed E-state index contributed by atoms with van der Waals surface area (Å²) in [6, 6.07) is 0.450. The Morgan fingerprint density at radius 1 is 1.29 bits per heavy atom. The average molecular weight is 216 g/mol. The van der Waals surface area contributed by atoms with Crippen molar-refractivity contribution in [3.05, 3.63) is 0 Å². The molecular formula is C11H24N2S. The molecule has 14 heavy (non-hydrogen) atoms. The SMILES string of the molecule is CSCCCCCCN1CCC(N)C1. The van der Waals surface area contributed by atoms with Crippen molar-refractivity contribution >= 4 is 11.8 Å². The zero-order chi connectivity index (χ0) is 10.2. The van der Waals surface area contributed by atoms with E-state index >= 15 is 0 Å². The molecule has 0 aliphatic carbocycles. The molecule has 2 nitrogen and oxygen atoms in total. The highest BCUT2D eigenvalue weighted by molar-refractivity contribution is 7.98. The smallest absolute Gasteiger partial charge is 0.0180 e. The van der Waals surface area contributed by atoms with Crippen LogP contribution in [0.15, 0.2) is 0 Å². The second kappa shape index (κ2) is 7.55. The van der Waals surface area contributed by atoms with Crippen LogP contribution in [0.2, 0.25) is 0 Å². The Morgan fingerprint density at radius 2 is 2.07 bits per heavy atom. The molecular weight excluding hydrogens is 192 g/mol. The highest BCUT2D eigenvalue weighted by atomic mass is 32.2. The van der Waals surface area contributed by atoms with E-state index in [2.05, 4.69) is 11.2 Å². The summed E-state index contributed by atoms with van der Waals surface area (Å²) in [6.45, 7) is 3.63. The zero-order valence-corrected chi connectivity index (χ0v) is 10.2. The minimum absolute atomic E-state index is 0.450. The minimum Gasteiger partial charge on any atom is -0.326 e. The van der Waals surface area contributed by atoms with Crippen LogP contribution in [0.5, 0.6) is 0 Å². The molecule has 0 aromatic carbocycles. The molecule has 1 heterocycles. The highest BCUT2D eigenvalue weighted by Gasteiger charge is 2.17. The van der Waals surface area contributed by atoms with Crippen LogP contribution in [0.1, 0.15) is 32.1 Å². The first-order valence-electron chi connectivity index (χ1n) is 5.80. The lowest BCUT2D eigenvalue weighted by atomic mass is 10.2. The van der Waals surface area contributed by atoms with Crippen LogP contribution in [0, 0.1) is 0 Å². The molecule has 0 aromatic heterocycles. The van der Waals surface area contributed by atoms with Crippen molar-refractivity contribution in [3.63, 3.8) is 0 Å². The zero-order valence-electron chi connectivity index (χ0n) is 9.37. The van der Waals surface area contributed by atoms with Crippen molar-refractivity contribution in [1.29, 1.82) is 0 Å². The molecule has 0 aromatic rings. The molecule has 1 aliphatic heterocycles. The van der Waals surface area contributed by atoms with Gasteiger partial charge in [0, 0.05) is 12.6 Å². The number of hydrogen-bond acceptors (Lipinski definition) is 3. The van der Waals surface area contributed by atoms with Crippen LogP contribution in [-0.4, -0.2) is 42.6 Å². The second-order valence-corrected chi connectivity index (χ2v) is 5.24. The van der Waals surface area contributed by atoms with Crippen molar-refractivity contribution in [3.8, 4) is 0 Å². The fourth-order valence-electron chi connectivity index (χ4n) is 2.00. The van der Waals surface area contributed by atoms with Crippen LogP contribution < -0.4 is 5.73 Å². The summed E-state index contributed by atoms with van der Waals surface area (Å²) in [5, 5.41) is 0. The Morgan fingerprint density at radius 3 is 2.71 bits per heavy atom. The maximum atomic E-state index is 5.85. The molecule has 0 amide bonds. The van der Waals surface area contributed by atoms with Gasteiger partial charge in [-0.05, 0) is 44.4 Å². The topological polar surface area (TPSA) is 29.3 Å². The lowest BCUT2D eigenvalue weighted by molar-refractivity contribution is 0.324. The summed E-state index contributed by atoms with van der Waals surface area (Å²) in [6.07, 6.45) is 8.94. The summed E-state index contributed by atoms with van der Waals surface area (Å²) >= 11 is 1.96. The normalized spacial score (nSPS) is 23.1. The molecule has 1 aliphatic rings. The monoisotopic (exact) mass is 216 g/mol. The predicted molar refractivity (Wildman–Crippen MR) is 65.9 cm³/mol. The van der Waals surface area contributed by atoms with Crippen LogP contribution >= 0.6 is 11.8 Å². The third-order valence-corrected chi connectivity index (χ3v) is 3.58. The summed E-state index contributed by atoms with van der Waals surface area (Å²) < 4.78 is 0. The van der Waals surface area contributed by atoms with Crippen molar-refractivity contribution < 1.29 is 0 Å². The molecule has 0 radical (unpaired) electrons. The third-order valence-electron chi connectivity index (χ3n) is 2.88. The average Bonchev–Trinajstić information content (AvgIpc) is 2.58. The number of hydrogen-bond donors (Lipinski definition) is 1. The summed E-state index contributed by atoms with van der Waals surface area (Å²) in [4.78, 5) is 2.51. The third kappa shape index (κ3) is 5.23. The van der Waals surface area contributed by atoms with Gasteiger partial charge in [0.25, 0.3) is 0 Å². The van der Waals surface area contributed by atoms with Gasteiger partial charge in [0.1, 0.15) is 0 Å². The van der Waals surface area contributed by atoms with Crippen LogP contribution in [-0.2, 0) is 0 Å². The fourth-order valence-corrected chi connectivity index (χ4v) is 2.49. The van der Waals surface area contributed by atoms with Gasteiger partial charge in [-0.2, -0.15) is 11.8 Å². The lowest BCUT2D eigenvalue weighted by Gasteiger charge is -2.14. The number of rotatable bonds is 7. The Labute approximate surface area is 92.6 Å². The Kier molecular flexibility index (Phi) is 6.65. The number of nitrogens with two attached hydrogens (primary N) is 1. The number of likely N-dealkylation sites (tertiary alicyclic amines) is 1. The number of thioether (sulfide) groups is 1. The molecule has 2 N–H and O–H groups in total. The minimum atomic E-state index is 0.450. The fraction of sp³-hybridized carbons (Fsp3) is 1.00. The van der Waals surface area contributed by atoms with Gasteiger partial charge < -0.3 is 10.6 Å². The van der Waals surface area contributed by atoms with E-state index in [1.165, 1.54) is 50.9 Å². The molecule has 1 fully saturated rings. The molecule has 1 rings (SSSR count).